The van der Waals surface area contributed by atoms with E-state index in [-0.39, 0.29) is 16.5 Å². The van der Waals surface area contributed by atoms with Crippen LogP contribution >= 0.6 is 11.6 Å². The number of aromatic nitrogens is 2. The van der Waals surface area contributed by atoms with E-state index in [9.17, 15) is 9.90 Å². The van der Waals surface area contributed by atoms with E-state index < -0.39 is 5.78 Å². The molecule has 1 fully saturated rings. The summed E-state index contributed by atoms with van der Waals surface area (Å²) in [5.41, 5.74) is 1.44. The Bertz CT molecular complexity index is 1030. The maximum atomic E-state index is 11.6. The molecule has 29 heavy (non-hydrogen) atoms. The van der Waals surface area contributed by atoms with Gasteiger partial charge in [0.05, 0.1) is 30.7 Å². The number of ether oxygens (including phenoxy) is 1. The van der Waals surface area contributed by atoms with E-state index >= 15 is 0 Å². The van der Waals surface area contributed by atoms with Gasteiger partial charge in [-0.05, 0) is 37.5 Å². The van der Waals surface area contributed by atoms with Crippen LogP contribution in [-0.4, -0.2) is 64.0 Å². The zero-order chi connectivity index (χ0) is 20.4. The smallest absolute Gasteiger partial charge is 0.260 e. The fourth-order valence-corrected chi connectivity index (χ4v) is 3.93. The molecule has 0 spiro atoms. The summed E-state index contributed by atoms with van der Waals surface area (Å²) in [5.74, 6) is -0.286. The first kappa shape index (κ1) is 19.7. The molecule has 1 aliphatic carbocycles. The second-order valence-corrected chi connectivity index (χ2v) is 8.17. The molecule has 4 rings (SSSR count). The molecule has 0 bridgehead atoms. The quantitative estimate of drug-likeness (QED) is 0.598. The number of likely N-dealkylation sites (tertiary alicyclic amines) is 1. The third kappa shape index (κ3) is 4.21. The predicted molar refractivity (Wildman–Crippen MR) is 112 cm³/mol. The lowest BCUT2D eigenvalue weighted by Crippen LogP contribution is -2.50. The largest absolute Gasteiger partial charge is 0.506 e. The number of aliphatic hydroxyl groups excluding tert-OH is 1. The van der Waals surface area contributed by atoms with E-state index in [1.165, 1.54) is 38.4 Å². The highest BCUT2D eigenvalue weighted by atomic mass is 35.5. The molecule has 0 saturated carbocycles. The molecule has 2 aromatic heterocycles. The molecule has 0 aromatic carbocycles. The average molecular weight is 416 g/mol. The van der Waals surface area contributed by atoms with Crippen molar-refractivity contribution in [1.82, 2.24) is 9.61 Å². The molecule has 1 aliphatic heterocycles. The van der Waals surface area contributed by atoms with Gasteiger partial charge < -0.3 is 14.3 Å². The van der Waals surface area contributed by atoms with Crippen molar-refractivity contribution in [1.29, 1.82) is 0 Å². The number of hydrogen-bond acceptors (Lipinski definition) is 5. The van der Waals surface area contributed by atoms with Crippen LogP contribution in [0.15, 0.2) is 52.3 Å². The summed E-state index contributed by atoms with van der Waals surface area (Å²) in [6.07, 6.45) is 8.04. The number of quaternary nitrogens is 1. The minimum Gasteiger partial charge on any atom is -0.506 e. The van der Waals surface area contributed by atoms with Gasteiger partial charge in [0.1, 0.15) is 24.6 Å². The topological polar surface area (TPSA) is 76.2 Å². The van der Waals surface area contributed by atoms with E-state index in [1.54, 1.807) is 4.52 Å². The van der Waals surface area contributed by atoms with Crippen molar-refractivity contribution in [2.45, 2.75) is 19.3 Å². The van der Waals surface area contributed by atoms with Crippen LogP contribution in [-0.2, 0) is 4.79 Å². The Hall–Kier alpha value is -2.64. The molecule has 152 valence electrons. The number of aliphatic hydroxyl groups is 1. The molecule has 1 saturated heterocycles. The Labute approximate surface area is 174 Å². The van der Waals surface area contributed by atoms with Gasteiger partial charge in [-0.3, -0.25) is 4.79 Å². The number of carbonyl (C=O) groups excluding carboxylic acids is 1. The summed E-state index contributed by atoms with van der Waals surface area (Å²) in [7, 11) is 2.27. The van der Waals surface area contributed by atoms with Crippen LogP contribution in [0.25, 0.3) is 5.52 Å². The van der Waals surface area contributed by atoms with Crippen LogP contribution in [0.4, 0.5) is 5.69 Å². The summed E-state index contributed by atoms with van der Waals surface area (Å²) in [5, 5.41) is 14.6. The van der Waals surface area contributed by atoms with Gasteiger partial charge in [0.2, 0.25) is 5.78 Å². The third-order valence-electron chi connectivity index (χ3n) is 5.51. The maximum Gasteiger partial charge on any atom is 0.260 e. The summed E-state index contributed by atoms with van der Waals surface area (Å²) < 4.78 is 8.73. The third-order valence-corrected chi connectivity index (χ3v) is 5.81. The second-order valence-electron chi connectivity index (χ2n) is 7.77. The van der Waals surface area contributed by atoms with Crippen LogP contribution in [0.1, 0.15) is 19.3 Å². The lowest BCUT2D eigenvalue weighted by Gasteiger charge is -2.37. The van der Waals surface area contributed by atoms with E-state index in [0.29, 0.717) is 18.2 Å². The van der Waals surface area contributed by atoms with Crippen molar-refractivity contribution in [3.05, 3.63) is 47.3 Å². The fourth-order valence-electron chi connectivity index (χ4n) is 3.77. The number of halogens is 1. The minimum absolute atomic E-state index is 0.00279. The minimum atomic E-state index is -0.446. The number of piperidine rings is 1. The number of fused-ring (bicyclic) bond motifs is 1. The molecule has 2 aromatic rings. The van der Waals surface area contributed by atoms with Gasteiger partial charge in [-0.15, -0.1) is 5.10 Å². The van der Waals surface area contributed by atoms with Gasteiger partial charge in [-0.1, -0.05) is 17.7 Å². The molecular weight excluding hydrogens is 392 g/mol. The first-order chi connectivity index (χ1) is 14.0. The van der Waals surface area contributed by atoms with Crippen LogP contribution in [0, 0.1) is 0 Å². The predicted octanol–water partition coefficient (Wildman–Crippen LogP) is 3.56. The Morgan fingerprint density at radius 1 is 1.28 bits per heavy atom. The second kappa shape index (κ2) is 8.00. The summed E-state index contributed by atoms with van der Waals surface area (Å²) in [6, 6.07) is 5.62. The van der Waals surface area contributed by atoms with Crippen LogP contribution in [0.2, 0.25) is 0 Å². The Balaban J connectivity index is 1.62. The standard InChI is InChI=1S/C21H23ClN4O3/c1-26(9-5-2-6-10-26)11-12-29-21-20(17-7-3-4-8-25(17)24-21)23-16-13-15(22)18(27)14-19(16)28/h3-4,7-8,13-14H,2,5-6,9-12H2,1H3/p+1/b23-16+. The molecule has 1 N–H and O–H groups in total. The molecule has 0 amide bonds. The summed E-state index contributed by atoms with van der Waals surface area (Å²) in [4.78, 5) is 16.1. The van der Waals surface area contributed by atoms with Gasteiger partial charge in [0, 0.05) is 12.3 Å². The summed E-state index contributed by atoms with van der Waals surface area (Å²) in [6.45, 7) is 3.75. The van der Waals surface area contributed by atoms with Crippen molar-refractivity contribution in [3.63, 3.8) is 0 Å². The summed E-state index contributed by atoms with van der Waals surface area (Å²) >= 11 is 5.93. The zero-order valence-corrected chi connectivity index (χ0v) is 17.1. The molecule has 3 heterocycles. The number of likely N-dealkylation sites (N-methyl/N-ethyl adjacent to an activating group) is 1. The van der Waals surface area contributed by atoms with Gasteiger partial charge in [-0.25, -0.2) is 9.51 Å². The number of aliphatic imine (C=N–C) groups is 1. The number of allylic oxidation sites excluding steroid dienone is 3. The Morgan fingerprint density at radius 3 is 2.86 bits per heavy atom. The highest BCUT2D eigenvalue weighted by Gasteiger charge is 2.25. The lowest BCUT2D eigenvalue weighted by atomic mass is 10.1. The van der Waals surface area contributed by atoms with Crippen LogP contribution in [0.3, 0.4) is 0 Å². The van der Waals surface area contributed by atoms with Gasteiger partial charge in [-0.2, -0.15) is 0 Å². The van der Waals surface area contributed by atoms with Crippen molar-refractivity contribution in [3.8, 4) is 5.88 Å². The highest BCUT2D eigenvalue weighted by Crippen LogP contribution is 2.33. The molecule has 8 heteroatoms. The van der Waals surface area contributed by atoms with Crippen molar-refractivity contribution in [2.24, 2.45) is 4.99 Å². The number of nitrogens with zero attached hydrogens (tertiary/aromatic N) is 4. The number of ketones is 1. The normalized spacial score (nSPS) is 20.6. The number of pyridine rings is 1. The molecule has 7 nitrogen and oxygen atoms in total. The highest BCUT2D eigenvalue weighted by molar-refractivity contribution is 6.47. The van der Waals surface area contributed by atoms with E-state index in [2.05, 4.69) is 17.1 Å². The van der Waals surface area contributed by atoms with Crippen molar-refractivity contribution in [2.75, 3.05) is 33.3 Å². The number of rotatable bonds is 5. The monoisotopic (exact) mass is 415 g/mol. The Morgan fingerprint density at radius 2 is 2.07 bits per heavy atom. The molecule has 0 atom stereocenters. The van der Waals surface area contributed by atoms with Gasteiger partial charge >= 0.3 is 0 Å². The number of carbonyl (C=O) groups is 1. The van der Waals surface area contributed by atoms with Crippen molar-refractivity contribution < 1.29 is 19.1 Å². The first-order valence-corrected chi connectivity index (χ1v) is 10.2. The molecular formula is C21H24ClN4O3+. The van der Waals surface area contributed by atoms with Crippen molar-refractivity contribution >= 4 is 34.3 Å². The van der Waals surface area contributed by atoms with E-state index in [1.807, 2.05) is 24.4 Å². The average Bonchev–Trinajstić information content (AvgIpc) is 3.04. The molecule has 0 radical (unpaired) electrons. The van der Waals surface area contributed by atoms with Gasteiger partial charge in [0.15, 0.2) is 5.69 Å². The molecule has 0 unspecified atom stereocenters. The first-order valence-electron chi connectivity index (χ1n) is 9.80. The van der Waals surface area contributed by atoms with E-state index in [4.69, 9.17) is 16.3 Å². The van der Waals surface area contributed by atoms with E-state index in [0.717, 1.165) is 22.6 Å². The lowest BCUT2D eigenvalue weighted by molar-refractivity contribution is -0.914. The fraction of sp³-hybridized carbons (Fsp3) is 0.381. The molecule has 2 aliphatic rings. The number of hydrogen-bond donors (Lipinski definition) is 1. The zero-order valence-electron chi connectivity index (χ0n) is 16.3. The SMILES string of the molecule is C[N+]1(CCOc2nn3ccccc3c2/N=C2\C=C(Cl)C(=O)C=C2O)CCCCC1. The maximum absolute atomic E-state index is 11.6. The Kier molecular flexibility index (Phi) is 5.43. The van der Waals surface area contributed by atoms with Crippen LogP contribution in [0.5, 0.6) is 5.88 Å². The van der Waals surface area contributed by atoms with Gasteiger partial charge in [0.25, 0.3) is 5.88 Å². The van der Waals surface area contributed by atoms with Crippen LogP contribution < -0.4 is 4.74 Å².